The summed E-state index contributed by atoms with van der Waals surface area (Å²) in [6, 6.07) is 5.12. The average molecular weight is 489 g/mol. The van der Waals surface area contributed by atoms with E-state index < -0.39 is 12.3 Å². The number of likely N-dealkylation sites (N-methyl/N-ethyl adjacent to an activating group) is 1. The number of nitrogens with zero attached hydrogens (tertiary/aromatic N) is 5. The number of hydrogen-bond donors (Lipinski definition) is 4. The third-order valence-electron chi connectivity index (χ3n) is 5.77. The number of carbonyl (C=O) groups excluding carboxylic acids is 1. The van der Waals surface area contributed by atoms with Crippen LogP contribution in [-0.4, -0.2) is 74.4 Å². The fraction of sp³-hybridized carbons (Fsp3) is 0.455. The summed E-state index contributed by atoms with van der Waals surface area (Å²) in [6.45, 7) is 3.83. The highest BCUT2D eigenvalue weighted by atomic mass is 35.5. The van der Waals surface area contributed by atoms with Crippen LogP contribution in [0.5, 0.6) is 0 Å². The van der Waals surface area contributed by atoms with Crippen molar-refractivity contribution < 1.29 is 14.6 Å². The van der Waals surface area contributed by atoms with Crippen LogP contribution in [0.4, 0.5) is 16.3 Å². The van der Waals surface area contributed by atoms with Crippen LogP contribution < -0.4 is 16.4 Å². The number of aryl methyl sites for hydroxylation is 1. The number of nitrogen functional groups attached to an aromatic ring is 1. The number of nitrogens with two attached hydrogens (primary N) is 1. The molecule has 3 heterocycles. The molecule has 11 nitrogen and oxygen atoms in total. The smallest absolute Gasteiger partial charge is 0.319 e. The molecule has 0 spiro atoms. The Kier molecular flexibility index (Phi) is 7.47. The molecule has 182 valence electrons. The van der Waals surface area contributed by atoms with E-state index in [1.54, 1.807) is 17.0 Å². The summed E-state index contributed by atoms with van der Waals surface area (Å²) in [4.78, 5) is 26.6. The van der Waals surface area contributed by atoms with Crippen LogP contribution in [0.25, 0.3) is 11.2 Å². The van der Waals surface area contributed by atoms with Crippen molar-refractivity contribution in [1.82, 2.24) is 29.7 Å². The first-order valence-electron chi connectivity index (χ1n) is 11.1. The van der Waals surface area contributed by atoms with Crippen molar-refractivity contribution in [3.63, 3.8) is 0 Å². The summed E-state index contributed by atoms with van der Waals surface area (Å²) >= 11 is 6.09. The van der Waals surface area contributed by atoms with E-state index in [1.165, 1.54) is 6.33 Å². The number of amides is 2. The van der Waals surface area contributed by atoms with Gasteiger partial charge in [0.05, 0.1) is 12.4 Å². The van der Waals surface area contributed by atoms with Gasteiger partial charge in [0.15, 0.2) is 17.7 Å². The maximum absolute atomic E-state index is 12.1. The molecule has 0 radical (unpaired) electrons. The number of imidazole rings is 1. The number of fused-ring (bicyclic) bond motifs is 1. The molecular formula is C22H29ClN8O3. The SMILES string of the molecule is Cc1ccc(NC(=O)NCCCN(C)CC2C[C@@H](O)C(n3cnc4c(N)ncnc43)O2)cc1Cl. The number of aliphatic hydroxyl groups excluding tert-OH is 1. The Morgan fingerprint density at radius 3 is 3.00 bits per heavy atom. The highest BCUT2D eigenvalue weighted by molar-refractivity contribution is 6.31. The molecule has 2 amide bonds. The molecular weight excluding hydrogens is 460 g/mol. The van der Waals surface area contributed by atoms with E-state index in [9.17, 15) is 9.90 Å². The number of rotatable bonds is 8. The topological polar surface area (TPSA) is 143 Å². The molecule has 2 unspecified atom stereocenters. The Balaban J connectivity index is 1.20. The van der Waals surface area contributed by atoms with E-state index in [0.29, 0.717) is 41.4 Å². The molecule has 3 atom stereocenters. The zero-order chi connectivity index (χ0) is 24.2. The summed E-state index contributed by atoms with van der Waals surface area (Å²) in [7, 11) is 1.98. The quantitative estimate of drug-likeness (QED) is 0.353. The average Bonchev–Trinajstić information content (AvgIpc) is 3.37. The lowest BCUT2D eigenvalue weighted by atomic mass is 10.2. The fourth-order valence-electron chi connectivity index (χ4n) is 3.99. The molecule has 12 heteroatoms. The third kappa shape index (κ3) is 5.55. The van der Waals surface area contributed by atoms with Crippen LogP contribution in [0.2, 0.25) is 5.02 Å². The molecule has 1 aliphatic rings. The first-order chi connectivity index (χ1) is 16.3. The Hall–Kier alpha value is -2.99. The molecule has 4 rings (SSSR count). The van der Waals surface area contributed by atoms with Crippen LogP contribution in [-0.2, 0) is 4.74 Å². The molecule has 2 aromatic heterocycles. The zero-order valence-electron chi connectivity index (χ0n) is 19.1. The van der Waals surface area contributed by atoms with Gasteiger partial charge in [0.25, 0.3) is 0 Å². The van der Waals surface area contributed by atoms with Gasteiger partial charge in [-0.3, -0.25) is 4.57 Å². The number of aliphatic hydroxyl groups is 1. The molecule has 34 heavy (non-hydrogen) atoms. The van der Waals surface area contributed by atoms with E-state index in [0.717, 1.165) is 18.5 Å². The maximum atomic E-state index is 12.1. The van der Waals surface area contributed by atoms with E-state index >= 15 is 0 Å². The number of hydrogen-bond acceptors (Lipinski definition) is 8. The first-order valence-corrected chi connectivity index (χ1v) is 11.5. The van der Waals surface area contributed by atoms with Crippen LogP contribution in [0.1, 0.15) is 24.6 Å². The summed E-state index contributed by atoms with van der Waals surface area (Å²) in [6.07, 6.45) is 2.77. The van der Waals surface area contributed by atoms with Crippen LogP contribution >= 0.6 is 11.6 Å². The van der Waals surface area contributed by atoms with Gasteiger partial charge in [-0.1, -0.05) is 17.7 Å². The lowest BCUT2D eigenvalue weighted by Gasteiger charge is -2.21. The monoisotopic (exact) mass is 488 g/mol. The predicted molar refractivity (Wildman–Crippen MR) is 130 cm³/mol. The van der Waals surface area contributed by atoms with Crippen LogP contribution in [0, 0.1) is 6.92 Å². The normalized spacial score (nSPS) is 20.2. The van der Waals surface area contributed by atoms with Gasteiger partial charge in [0.2, 0.25) is 0 Å². The second-order valence-electron chi connectivity index (χ2n) is 8.50. The molecule has 1 aliphatic heterocycles. The lowest BCUT2D eigenvalue weighted by Crippen LogP contribution is -2.34. The van der Waals surface area contributed by atoms with Gasteiger partial charge in [-0.15, -0.1) is 0 Å². The maximum Gasteiger partial charge on any atom is 0.319 e. The minimum absolute atomic E-state index is 0.149. The van der Waals surface area contributed by atoms with Crippen molar-refractivity contribution in [2.45, 2.75) is 38.2 Å². The standard InChI is InChI=1S/C22H29ClN8O3/c1-13-4-5-14(8-16(13)23)29-22(33)25-6-3-7-30(2)10-15-9-17(32)21(34-15)31-12-28-18-19(24)26-11-27-20(18)31/h4-5,8,11-12,15,17,21,32H,3,6-7,9-10H2,1-2H3,(H2,24,26,27)(H2,25,29,33)/t15?,17-,21?/m1/s1. The zero-order valence-corrected chi connectivity index (χ0v) is 19.9. The molecule has 5 N–H and O–H groups in total. The van der Waals surface area contributed by atoms with Gasteiger partial charge in [-0.25, -0.2) is 19.7 Å². The molecule has 1 saturated heterocycles. The number of halogens is 1. The second-order valence-corrected chi connectivity index (χ2v) is 8.90. The summed E-state index contributed by atoms with van der Waals surface area (Å²) < 4.78 is 7.80. The van der Waals surface area contributed by atoms with Crippen molar-refractivity contribution >= 4 is 40.3 Å². The molecule has 1 aromatic carbocycles. The van der Waals surface area contributed by atoms with Crippen LogP contribution in [0.3, 0.4) is 0 Å². The van der Waals surface area contributed by atoms with Crippen molar-refractivity contribution in [3.8, 4) is 0 Å². The molecule has 1 fully saturated rings. The Labute approximate surface area is 202 Å². The minimum Gasteiger partial charge on any atom is -0.388 e. The highest BCUT2D eigenvalue weighted by Gasteiger charge is 2.36. The molecule has 0 saturated carbocycles. The molecule has 0 aliphatic carbocycles. The van der Waals surface area contributed by atoms with Crippen molar-refractivity contribution in [2.75, 3.05) is 37.7 Å². The van der Waals surface area contributed by atoms with E-state index in [4.69, 9.17) is 22.1 Å². The first kappa shape index (κ1) is 24.1. The number of benzene rings is 1. The highest BCUT2D eigenvalue weighted by Crippen LogP contribution is 2.31. The largest absolute Gasteiger partial charge is 0.388 e. The molecule has 3 aromatic rings. The Bertz CT molecular complexity index is 1160. The number of ether oxygens (including phenoxy) is 1. The lowest BCUT2D eigenvalue weighted by molar-refractivity contribution is -0.0414. The number of anilines is 2. The van der Waals surface area contributed by atoms with Gasteiger partial charge in [-0.2, -0.15) is 0 Å². The Morgan fingerprint density at radius 2 is 2.21 bits per heavy atom. The summed E-state index contributed by atoms with van der Waals surface area (Å²) in [5.74, 6) is 0.289. The van der Waals surface area contributed by atoms with Crippen molar-refractivity contribution in [3.05, 3.63) is 41.4 Å². The number of carbonyl (C=O) groups is 1. The van der Waals surface area contributed by atoms with E-state index in [-0.39, 0.29) is 18.0 Å². The molecule has 0 bridgehead atoms. The van der Waals surface area contributed by atoms with Crippen molar-refractivity contribution in [1.29, 1.82) is 0 Å². The van der Waals surface area contributed by atoms with Gasteiger partial charge in [0, 0.05) is 30.2 Å². The van der Waals surface area contributed by atoms with Gasteiger partial charge < -0.3 is 31.1 Å². The van der Waals surface area contributed by atoms with E-state index in [2.05, 4.69) is 30.5 Å². The predicted octanol–water partition coefficient (Wildman–Crippen LogP) is 2.16. The number of urea groups is 1. The van der Waals surface area contributed by atoms with E-state index in [1.807, 2.05) is 26.1 Å². The van der Waals surface area contributed by atoms with Gasteiger partial charge in [-0.05, 0) is 44.6 Å². The number of aromatic nitrogens is 4. The summed E-state index contributed by atoms with van der Waals surface area (Å²) in [5.41, 5.74) is 8.47. The fourth-order valence-corrected chi connectivity index (χ4v) is 4.17. The number of nitrogens with one attached hydrogen (secondary N) is 2. The third-order valence-corrected chi connectivity index (χ3v) is 6.18. The second kappa shape index (κ2) is 10.5. The Morgan fingerprint density at radius 1 is 1.38 bits per heavy atom. The minimum atomic E-state index is -0.687. The van der Waals surface area contributed by atoms with Crippen LogP contribution in [0.15, 0.2) is 30.9 Å². The summed E-state index contributed by atoms with van der Waals surface area (Å²) in [5, 5.41) is 16.8. The van der Waals surface area contributed by atoms with Gasteiger partial charge >= 0.3 is 6.03 Å². The van der Waals surface area contributed by atoms with Gasteiger partial charge in [0.1, 0.15) is 17.9 Å². The van der Waals surface area contributed by atoms with Crippen molar-refractivity contribution in [2.24, 2.45) is 0 Å².